The largest absolute Gasteiger partial charge is 0.341 e. The predicted octanol–water partition coefficient (Wildman–Crippen LogP) is 3.51. The Labute approximate surface area is 162 Å². The van der Waals surface area contributed by atoms with Crippen LogP contribution in [0.5, 0.6) is 0 Å². The number of carbonyl (C=O) groups is 1. The summed E-state index contributed by atoms with van der Waals surface area (Å²) in [5, 5.41) is 8.08. The van der Waals surface area contributed by atoms with E-state index in [1.54, 1.807) is 0 Å². The molecule has 1 atom stereocenters. The Balaban J connectivity index is 0.00000243. The fourth-order valence-corrected chi connectivity index (χ4v) is 3.15. The van der Waals surface area contributed by atoms with Gasteiger partial charge in [-0.2, -0.15) is 5.10 Å². The van der Waals surface area contributed by atoms with Crippen LogP contribution >= 0.6 is 12.4 Å². The van der Waals surface area contributed by atoms with E-state index in [0.717, 1.165) is 31.6 Å². The van der Waals surface area contributed by atoms with Crippen molar-refractivity contribution in [1.29, 1.82) is 0 Å². The van der Waals surface area contributed by atoms with E-state index in [0.29, 0.717) is 6.42 Å². The first-order valence-electron chi connectivity index (χ1n) is 9.03. The van der Waals surface area contributed by atoms with E-state index < -0.39 is 0 Å². The maximum absolute atomic E-state index is 12.0. The molecular formula is C20H29ClN4O. The SMILES string of the molecule is CC(C)(C)n1cc(CNC(CN2CCCC2=O)c2ccccc2)cn1.Cl. The van der Waals surface area contributed by atoms with Gasteiger partial charge in [0.25, 0.3) is 0 Å². The van der Waals surface area contributed by atoms with Crippen LogP contribution < -0.4 is 5.32 Å². The molecule has 1 unspecified atom stereocenters. The lowest BCUT2D eigenvalue weighted by atomic mass is 10.1. The fourth-order valence-electron chi connectivity index (χ4n) is 3.15. The van der Waals surface area contributed by atoms with Gasteiger partial charge < -0.3 is 10.2 Å². The predicted molar refractivity (Wildman–Crippen MR) is 106 cm³/mol. The highest BCUT2D eigenvalue weighted by atomic mass is 35.5. The van der Waals surface area contributed by atoms with E-state index in [9.17, 15) is 4.79 Å². The van der Waals surface area contributed by atoms with E-state index in [4.69, 9.17) is 0 Å². The summed E-state index contributed by atoms with van der Waals surface area (Å²) >= 11 is 0. The van der Waals surface area contributed by atoms with Gasteiger partial charge in [0.05, 0.1) is 17.8 Å². The van der Waals surface area contributed by atoms with Crippen LogP contribution in [-0.4, -0.2) is 33.7 Å². The highest BCUT2D eigenvalue weighted by Crippen LogP contribution is 2.19. The van der Waals surface area contributed by atoms with Gasteiger partial charge in [-0.05, 0) is 32.8 Å². The molecule has 0 bridgehead atoms. The zero-order chi connectivity index (χ0) is 17.9. The van der Waals surface area contributed by atoms with Crippen molar-refractivity contribution in [1.82, 2.24) is 20.0 Å². The molecule has 1 aliphatic rings. The first-order valence-corrected chi connectivity index (χ1v) is 9.03. The van der Waals surface area contributed by atoms with Crippen LogP contribution in [0.25, 0.3) is 0 Å². The fraction of sp³-hybridized carbons (Fsp3) is 0.500. The summed E-state index contributed by atoms with van der Waals surface area (Å²) in [6, 6.07) is 10.5. The highest BCUT2D eigenvalue weighted by molar-refractivity contribution is 5.85. The van der Waals surface area contributed by atoms with Crippen LogP contribution in [0.2, 0.25) is 0 Å². The van der Waals surface area contributed by atoms with E-state index >= 15 is 0 Å². The van der Waals surface area contributed by atoms with Gasteiger partial charge >= 0.3 is 0 Å². The van der Waals surface area contributed by atoms with Crippen LogP contribution in [0.3, 0.4) is 0 Å². The number of benzene rings is 1. The van der Waals surface area contributed by atoms with Crippen LogP contribution in [0, 0.1) is 0 Å². The van der Waals surface area contributed by atoms with Gasteiger partial charge in [-0.3, -0.25) is 9.48 Å². The smallest absolute Gasteiger partial charge is 0.222 e. The Hall–Kier alpha value is -1.85. The molecule has 0 spiro atoms. The monoisotopic (exact) mass is 376 g/mol. The average Bonchev–Trinajstić information content (AvgIpc) is 3.21. The summed E-state index contributed by atoms with van der Waals surface area (Å²) in [5.41, 5.74) is 2.35. The maximum atomic E-state index is 12.0. The van der Waals surface area contributed by atoms with Crippen molar-refractivity contribution in [2.75, 3.05) is 13.1 Å². The number of hydrogen-bond acceptors (Lipinski definition) is 3. The molecule has 26 heavy (non-hydrogen) atoms. The maximum Gasteiger partial charge on any atom is 0.222 e. The normalized spacial score (nSPS) is 15.8. The highest BCUT2D eigenvalue weighted by Gasteiger charge is 2.24. The van der Waals surface area contributed by atoms with E-state index in [-0.39, 0.29) is 29.9 Å². The number of aromatic nitrogens is 2. The lowest BCUT2D eigenvalue weighted by Gasteiger charge is -2.25. The number of hydrogen-bond donors (Lipinski definition) is 1. The molecule has 1 aromatic carbocycles. The van der Waals surface area contributed by atoms with Crippen molar-refractivity contribution >= 4 is 18.3 Å². The van der Waals surface area contributed by atoms with E-state index in [2.05, 4.69) is 49.5 Å². The molecule has 2 heterocycles. The Morgan fingerprint density at radius 1 is 1.23 bits per heavy atom. The zero-order valence-corrected chi connectivity index (χ0v) is 16.6. The van der Waals surface area contributed by atoms with Gasteiger partial charge in [-0.1, -0.05) is 30.3 Å². The second-order valence-corrected chi connectivity index (χ2v) is 7.75. The summed E-state index contributed by atoms with van der Waals surface area (Å²) in [7, 11) is 0. The number of amides is 1. The molecule has 0 aliphatic carbocycles. The van der Waals surface area contributed by atoms with Gasteiger partial charge in [0.2, 0.25) is 5.91 Å². The molecule has 1 fully saturated rings. The molecule has 5 nitrogen and oxygen atoms in total. The van der Waals surface area contributed by atoms with Crippen molar-refractivity contribution in [3.8, 4) is 0 Å². The van der Waals surface area contributed by atoms with Crippen LogP contribution in [0.4, 0.5) is 0 Å². The van der Waals surface area contributed by atoms with Gasteiger partial charge in [0.15, 0.2) is 0 Å². The van der Waals surface area contributed by atoms with Gasteiger partial charge in [0, 0.05) is 37.8 Å². The van der Waals surface area contributed by atoms with Crippen molar-refractivity contribution < 1.29 is 4.79 Å². The van der Waals surface area contributed by atoms with Gasteiger partial charge in [0.1, 0.15) is 0 Å². The average molecular weight is 377 g/mol. The van der Waals surface area contributed by atoms with Gasteiger partial charge in [-0.15, -0.1) is 12.4 Å². The standard InChI is InChI=1S/C20H28N4O.ClH/c1-20(2,3)24-14-16(13-22-24)12-21-18(17-8-5-4-6-9-17)15-23-11-7-10-19(23)25;/h4-6,8-9,13-14,18,21H,7,10-12,15H2,1-3H3;1H. The summed E-state index contributed by atoms with van der Waals surface area (Å²) < 4.78 is 1.99. The van der Waals surface area contributed by atoms with E-state index in [1.807, 2.05) is 34.0 Å². The molecule has 3 rings (SSSR count). The zero-order valence-electron chi connectivity index (χ0n) is 15.8. The summed E-state index contributed by atoms with van der Waals surface area (Å²) in [6.07, 6.45) is 5.66. The minimum Gasteiger partial charge on any atom is -0.341 e. The topological polar surface area (TPSA) is 50.2 Å². The first-order chi connectivity index (χ1) is 11.9. The lowest BCUT2D eigenvalue weighted by Crippen LogP contribution is -2.35. The summed E-state index contributed by atoms with van der Waals surface area (Å²) in [6.45, 7) is 8.74. The third-order valence-electron chi connectivity index (χ3n) is 4.65. The van der Waals surface area contributed by atoms with Crippen LogP contribution in [0.15, 0.2) is 42.7 Å². The molecule has 6 heteroatoms. The number of nitrogens with zero attached hydrogens (tertiary/aromatic N) is 3. The van der Waals surface area contributed by atoms with Crippen molar-refractivity contribution in [2.24, 2.45) is 0 Å². The second kappa shape index (κ2) is 8.69. The summed E-state index contributed by atoms with van der Waals surface area (Å²) in [4.78, 5) is 14.0. The molecule has 0 radical (unpaired) electrons. The Bertz CT molecular complexity index is 708. The quantitative estimate of drug-likeness (QED) is 0.839. The van der Waals surface area contributed by atoms with Crippen molar-refractivity contribution in [3.05, 3.63) is 53.9 Å². The number of rotatable bonds is 6. The molecule has 0 saturated carbocycles. The molecule has 2 aromatic rings. The van der Waals surface area contributed by atoms with Crippen molar-refractivity contribution in [2.45, 2.75) is 51.7 Å². The molecule has 1 saturated heterocycles. The summed E-state index contributed by atoms with van der Waals surface area (Å²) in [5.74, 6) is 0.267. The Morgan fingerprint density at radius 3 is 2.54 bits per heavy atom. The van der Waals surface area contributed by atoms with Crippen LogP contribution in [-0.2, 0) is 16.9 Å². The second-order valence-electron chi connectivity index (χ2n) is 7.75. The number of nitrogens with one attached hydrogen (secondary N) is 1. The molecule has 1 aromatic heterocycles. The first kappa shape index (κ1) is 20.5. The number of carbonyl (C=O) groups excluding carboxylic acids is 1. The number of halogens is 1. The molecule has 1 aliphatic heterocycles. The van der Waals surface area contributed by atoms with Crippen LogP contribution in [0.1, 0.15) is 50.8 Å². The number of likely N-dealkylation sites (tertiary alicyclic amines) is 1. The molecule has 1 N–H and O–H groups in total. The third-order valence-corrected chi connectivity index (χ3v) is 4.65. The Kier molecular flexibility index (Phi) is 6.84. The third kappa shape index (κ3) is 5.08. The molecular weight excluding hydrogens is 348 g/mol. The van der Waals surface area contributed by atoms with E-state index in [1.165, 1.54) is 5.56 Å². The molecule has 142 valence electrons. The van der Waals surface area contributed by atoms with Crippen molar-refractivity contribution in [3.63, 3.8) is 0 Å². The Morgan fingerprint density at radius 2 is 1.96 bits per heavy atom. The van der Waals surface area contributed by atoms with Gasteiger partial charge in [-0.25, -0.2) is 0 Å². The lowest BCUT2D eigenvalue weighted by molar-refractivity contribution is -0.128. The minimum absolute atomic E-state index is 0. The minimum atomic E-state index is -0.0148. The molecule has 1 amide bonds.